The number of aromatic nitrogens is 2. The van der Waals surface area contributed by atoms with Crippen LogP contribution < -0.4 is 9.64 Å². The first-order chi connectivity index (χ1) is 19.1. The van der Waals surface area contributed by atoms with Crippen molar-refractivity contribution in [2.45, 2.75) is 26.2 Å². The first kappa shape index (κ1) is 26.3. The SMILES string of the molecule is C=CC1=CC[C@H]2C(=O)N(c3cc(-c4sc5ccc(Cl)cc5c4C)nn3C)C(=O)[C@@]2(C)[C@H]1c1ccc(OC)cc1O. The summed E-state index contributed by atoms with van der Waals surface area (Å²) in [4.78, 5) is 30.6. The number of hydrogen-bond donors (Lipinski definition) is 1. The largest absolute Gasteiger partial charge is 0.508 e. The number of benzene rings is 2. The normalized spacial score (nSPS) is 22.5. The maximum atomic E-state index is 14.4. The molecule has 204 valence electrons. The van der Waals surface area contributed by atoms with Gasteiger partial charge in [0.25, 0.3) is 0 Å². The zero-order valence-electron chi connectivity index (χ0n) is 22.6. The minimum absolute atomic E-state index is 0.000772. The van der Waals surface area contributed by atoms with Crippen molar-refractivity contribution in [2.24, 2.45) is 18.4 Å². The zero-order valence-corrected chi connectivity index (χ0v) is 24.1. The van der Waals surface area contributed by atoms with Crippen molar-refractivity contribution < 1.29 is 19.4 Å². The fourth-order valence-corrected chi connectivity index (χ4v) is 7.64. The monoisotopic (exact) mass is 573 g/mol. The quantitative estimate of drug-likeness (QED) is 0.266. The van der Waals surface area contributed by atoms with Gasteiger partial charge in [-0.15, -0.1) is 11.3 Å². The number of thiophene rings is 1. The second kappa shape index (κ2) is 9.35. The number of methoxy groups -OCH3 is 1. The lowest BCUT2D eigenvalue weighted by molar-refractivity contribution is -0.127. The molecular formula is C31H28ClN3O4S. The highest BCUT2D eigenvalue weighted by atomic mass is 35.5. The summed E-state index contributed by atoms with van der Waals surface area (Å²) in [5, 5.41) is 17.4. The highest BCUT2D eigenvalue weighted by Gasteiger charge is 2.63. The first-order valence-electron chi connectivity index (χ1n) is 12.9. The van der Waals surface area contributed by atoms with E-state index in [0.29, 0.717) is 34.3 Å². The Balaban J connectivity index is 1.45. The van der Waals surface area contributed by atoms with E-state index in [-0.39, 0.29) is 17.6 Å². The van der Waals surface area contributed by atoms with Gasteiger partial charge in [0, 0.05) is 40.4 Å². The van der Waals surface area contributed by atoms with Crippen molar-refractivity contribution in [3.63, 3.8) is 0 Å². The van der Waals surface area contributed by atoms with Gasteiger partial charge in [0.15, 0.2) is 0 Å². The smallest absolute Gasteiger partial charge is 0.242 e. The Morgan fingerprint density at radius 3 is 2.70 bits per heavy atom. The number of rotatable bonds is 5. The second-order valence-corrected chi connectivity index (χ2v) is 12.0. The van der Waals surface area contributed by atoms with Crippen LogP contribution in [0.15, 0.2) is 66.8 Å². The van der Waals surface area contributed by atoms with Gasteiger partial charge in [-0.25, -0.2) is 4.90 Å². The van der Waals surface area contributed by atoms with Gasteiger partial charge in [-0.1, -0.05) is 36.4 Å². The number of phenolic OH excluding ortho intramolecular Hbond substituents is 1. The molecule has 2 amide bonds. The summed E-state index contributed by atoms with van der Waals surface area (Å²) in [7, 11) is 3.26. The van der Waals surface area contributed by atoms with E-state index in [1.807, 2.05) is 38.1 Å². The van der Waals surface area contributed by atoms with Crippen LogP contribution in [-0.2, 0) is 16.6 Å². The molecule has 2 aliphatic rings. The number of aromatic hydroxyl groups is 1. The molecule has 0 unspecified atom stereocenters. The van der Waals surface area contributed by atoms with E-state index in [1.165, 1.54) is 18.1 Å². The summed E-state index contributed by atoms with van der Waals surface area (Å²) < 4.78 is 7.93. The summed E-state index contributed by atoms with van der Waals surface area (Å²) in [5.74, 6) is -0.877. The molecule has 1 fully saturated rings. The third-order valence-electron chi connectivity index (χ3n) is 8.43. The van der Waals surface area contributed by atoms with Crippen molar-refractivity contribution in [1.82, 2.24) is 9.78 Å². The molecule has 7 nitrogen and oxygen atoms in total. The van der Waals surface area contributed by atoms with Crippen molar-refractivity contribution in [3.05, 3.63) is 82.9 Å². The van der Waals surface area contributed by atoms with E-state index in [4.69, 9.17) is 21.4 Å². The number of nitrogens with zero attached hydrogens (tertiary/aromatic N) is 3. The molecule has 1 aliphatic heterocycles. The van der Waals surface area contributed by atoms with E-state index in [1.54, 1.807) is 47.3 Å². The van der Waals surface area contributed by atoms with Crippen molar-refractivity contribution >= 4 is 50.7 Å². The lowest BCUT2D eigenvalue weighted by Gasteiger charge is -2.40. The van der Waals surface area contributed by atoms with Gasteiger partial charge in [0.1, 0.15) is 23.0 Å². The third kappa shape index (κ3) is 3.66. The third-order valence-corrected chi connectivity index (χ3v) is 9.96. The molecule has 0 bridgehead atoms. The van der Waals surface area contributed by atoms with Crippen LogP contribution in [0.5, 0.6) is 11.5 Å². The van der Waals surface area contributed by atoms with Gasteiger partial charge in [0.05, 0.1) is 23.3 Å². The molecule has 1 saturated heterocycles. The fourth-order valence-electron chi connectivity index (χ4n) is 6.32. The summed E-state index contributed by atoms with van der Waals surface area (Å²) >= 11 is 7.84. The number of fused-ring (bicyclic) bond motifs is 2. The number of carbonyl (C=O) groups excluding carboxylic acids is 2. The van der Waals surface area contributed by atoms with Gasteiger partial charge >= 0.3 is 0 Å². The van der Waals surface area contributed by atoms with Gasteiger partial charge < -0.3 is 9.84 Å². The zero-order chi connectivity index (χ0) is 28.5. The Bertz CT molecular complexity index is 1770. The molecule has 3 heterocycles. The molecule has 1 aliphatic carbocycles. The van der Waals surface area contributed by atoms with Crippen LogP contribution in [0.25, 0.3) is 20.7 Å². The maximum absolute atomic E-state index is 14.4. The number of hydrogen-bond acceptors (Lipinski definition) is 6. The van der Waals surface area contributed by atoms with Crippen molar-refractivity contribution in [1.29, 1.82) is 0 Å². The molecule has 2 aromatic heterocycles. The number of halogens is 1. The molecule has 6 rings (SSSR count). The predicted molar refractivity (Wildman–Crippen MR) is 158 cm³/mol. The van der Waals surface area contributed by atoms with Crippen LogP contribution in [0.1, 0.15) is 30.4 Å². The fraction of sp³-hybridized carbons (Fsp3) is 0.258. The lowest BCUT2D eigenvalue weighted by atomic mass is 9.60. The Morgan fingerprint density at radius 1 is 1.23 bits per heavy atom. The molecule has 1 N–H and O–H groups in total. The molecule has 2 aromatic carbocycles. The van der Waals surface area contributed by atoms with E-state index in [2.05, 4.69) is 6.58 Å². The van der Waals surface area contributed by atoms with E-state index >= 15 is 0 Å². The summed E-state index contributed by atoms with van der Waals surface area (Å²) in [5.41, 5.74) is 1.93. The van der Waals surface area contributed by atoms with Gasteiger partial charge in [0.2, 0.25) is 11.8 Å². The van der Waals surface area contributed by atoms with Crippen LogP contribution in [-0.4, -0.2) is 33.8 Å². The van der Waals surface area contributed by atoms with Gasteiger partial charge in [-0.3, -0.25) is 14.3 Å². The van der Waals surface area contributed by atoms with Crippen LogP contribution in [0.4, 0.5) is 5.82 Å². The van der Waals surface area contributed by atoms with Gasteiger partial charge in [-0.2, -0.15) is 5.10 Å². The van der Waals surface area contributed by atoms with E-state index in [9.17, 15) is 14.7 Å². The number of amides is 2. The minimum atomic E-state index is -1.14. The van der Waals surface area contributed by atoms with Crippen LogP contribution in [0.2, 0.25) is 5.02 Å². The number of anilines is 1. The van der Waals surface area contributed by atoms with Crippen LogP contribution >= 0.6 is 22.9 Å². The topological polar surface area (TPSA) is 84.7 Å². The number of ether oxygens (including phenoxy) is 1. The highest BCUT2D eigenvalue weighted by Crippen LogP contribution is 2.58. The number of aryl methyl sites for hydroxylation is 2. The van der Waals surface area contributed by atoms with Crippen LogP contribution in [0, 0.1) is 18.3 Å². The number of carbonyl (C=O) groups is 2. The molecule has 0 spiro atoms. The molecule has 40 heavy (non-hydrogen) atoms. The van der Waals surface area contributed by atoms with Crippen molar-refractivity contribution in [3.8, 4) is 22.1 Å². The summed E-state index contributed by atoms with van der Waals surface area (Å²) in [6.07, 6.45) is 4.05. The number of imide groups is 1. The summed E-state index contributed by atoms with van der Waals surface area (Å²) in [6, 6.07) is 12.6. The number of allylic oxidation sites excluding steroid dienone is 3. The highest BCUT2D eigenvalue weighted by molar-refractivity contribution is 7.22. The lowest BCUT2D eigenvalue weighted by Crippen LogP contribution is -2.42. The molecule has 9 heteroatoms. The first-order valence-corrected chi connectivity index (χ1v) is 14.1. The Labute approximate surface area is 240 Å². The summed E-state index contributed by atoms with van der Waals surface area (Å²) in [6.45, 7) is 7.81. The van der Waals surface area contributed by atoms with E-state index < -0.39 is 17.3 Å². The second-order valence-electron chi connectivity index (χ2n) is 10.5. The Hall–Kier alpha value is -3.88. The average Bonchev–Trinajstić information content (AvgIpc) is 3.53. The average molecular weight is 574 g/mol. The molecular weight excluding hydrogens is 546 g/mol. The standard InChI is InChI=1S/C31H28ClN3O4S/c1-6-17-7-11-22-29(37)35(30(38)31(22,3)27(17)20-10-9-19(39-5)14-24(20)36)26-15-23(33-34(26)4)28-16(2)21-13-18(32)8-12-25(21)40-28/h6-10,12-15,22,27,36H,1,11H2,2-5H3/t22-,27+,31+/m0/s1. The van der Waals surface area contributed by atoms with Gasteiger partial charge in [-0.05, 0) is 61.1 Å². The van der Waals surface area contributed by atoms with E-state index in [0.717, 1.165) is 26.1 Å². The molecule has 4 aromatic rings. The minimum Gasteiger partial charge on any atom is -0.508 e. The maximum Gasteiger partial charge on any atom is 0.242 e. The Morgan fingerprint density at radius 2 is 2.00 bits per heavy atom. The Kier molecular flexibility index (Phi) is 6.16. The molecule has 3 atom stereocenters. The number of phenols is 1. The van der Waals surface area contributed by atoms with Crippen molar-refractivity contribution in [2.75, 3.05) is 12.0 Å². The predicted octanol–water partition coefficient (Wildman–Crippen LogP) is 6.77. The molecule has 0 radical (unpaired) electrons. The van der Waals surface area contributed by atoms with Crippen LogP contribution in [0.3, 0.4) is 0 Å². The molecule has 0 saturated carbocycles.